The predicted octanol–water partition coefficient (Wildman–Crippen LogP) is 7.64. The second kappa shape index (κ2) is 30.7. The molecule has 0 heterocycles. The monoisotopic (exact) mass is 666 g/mol. The highest BCUT2D eigenvalue weighted by atomic mass is 16.6. The summed E-state index contributed by atoms with van der Waals surface area (Å²) in [5, 5.41) is 38.2. The fourth-order valence-corrected chi connectivity index (χ4v) is 6.48. The second-order valence-electron chi connectivity index (χ2n) is 14.4. The van der Waals surface area contributed by atoms with Crippen molar-refractivity contribution in [1.82, 2.24) is 0 Å². The Kier molecular flexibility index (Phi) is 33.4. The molecule has 0 spiro atoms. The number of aliphatic hydroxyl groups is 4. The van der Waals surface area contributed by atoms with Crippen molar-refractivity contribution in [2.75, 3.05) is 39.6 Å². The lowest BCUT2D eigenvalue weighted by Crippen LogP contribution is -2.47. The van der Waals surface area contributed by atoms with Gasteiger partial charge in [0.25, 0.3) is 0 Å². The van der Waals surface area contributed by atoms with Crippen molar-refractivity contribution in [3.05, 3.63) is 0 Å². The number of ether oxygens (including phenoxy) is 2. The van der Waals surface area contributed by atoms with Gasteiger partial charge in [-0.15, -0.1) is 0 Å². The van der Waals surface area contributed by atoms with Crippen molar-refractivity contribution in [2.24, 2.45) is 53.2 Å². The van der Waals surface area contributed by atoms with Crippen LogP contribution in [0, 0.1) is 47.3 Å². The zero-order chi connectivity index (χ0) is 36.3. The smallest absolute Gasteiger partial charge is 0.0830 e. The molecule has 2 fully saturated rings. The molecule has 0 saturated heterocycles. The van der Waals surface area contributed by atoms with Crippen LogP contribution in [-0.2, 0) is 14.3 Å². The van der Waals surface area contributed by atoms with Crippen molar-refractivity contribution >= 4 is 0 Å². The van der Waals surface area contributed by atoms with E-state index in [4.69, 9.17) is 25.6 Å². The zero-order valence-electron chi connectivity index (χ0n) is 32.8. The van der Waals surface area contributed by atoms with E-state index in [0.29, 0.717) is 36.9 Å². The van der Waals surface area contributed by atoms with Gasteiger partial charge in [-0.3, -0.25) is 4.84 Å². The number of hydrogen-bond donors (Lipinski definition) is 5. The Morgan fingerprint density at radius 1 is 0.674 bits per heavy atom. The first kappa shape index (κ1) is 50.1. The standard InChI is InChI=1S/C26H50O4.C4H11NO.2C3H8O.C2H6/c1-7-29-15-21-13-17(3)9-11-23(21)19(5)25(27)26(28)20(6)24-12-10-18(4)14-22(24)16-30-8-2;1-4(2,3)6-5;2*1-2-3-4;1-2/h17-28H,7-16H2,1-6H3;5H2,1-3H3;2*4H,2-3H2,1H3;1-2H3/t17-,18-,19?,20?,21?,22?,23+,24+,25?,26?;;;;/m1..../s1. The Morgan fingerprint density at radius 3 is 1.17 bits per heavy atom. The van der Waals surface area contributed by atoms with Gasteiger partial charge in [-0.05, 0) is 120 Å². The van der Waals surface area contributed by atoms with Gasteiger partial charge in [-0.25, -0.2) is 5.90 Å². The third-order valence-electron chi connectivity index (χ3n) is 9.26. The maximum atomic E-state index is 11.2. The lowest BCUT2D eigenvalue weighted by atomic mass is 9.65. The molecule has 0 bridgehead atoms. The fourth-order valence-electron chi connectivity index (χ4n) is 6.48. The first-order valence-electron chi connectivity index (χ1n) is 18.8. The van der Waals surface area contributed by atoms with Gasteiger partial charge in [0, 0.05) is 39.6 Å². The molecule has 0 amide bonds. The summed E-state index contributed by atoms with van der Waals surface area (Å²) >= 11 is 0. The summed E-state index contributed by atoms with van der Waals surface area (Å²) in [4.78, 5) is 4.44. The first-order chi connectivity index (χ1) is 21.7. The van der Waals surface area contributed by atoms with Gasteiger partial charge >= 0.3 is 0 Å². The van der Waals surface area contributed by atoms with Crippen LogP contribution in [0.4, 0.5) is 0 Å². The van der Waals surface area contributed by atoms with E-state index >= 15 is 0 Å². The van der Waals surface area contributed by atoms with E-state index in [2.05, 4.69) is 46.4 Å². The van der Waals surface area contributed by atoms with E-state index in [9.17, 15) is 10.2 Å². The number of nitrogens with two attached hydrogens (primary N) is 1. The Balaban J connectivity index is -0.000000958. The molecule has 0 radical (unpaired) electrons. The minimum Gasteiger partial charge on any atom is -0.396 e. The summed E-state index contributed by atoms with van der Waals surface area (Å²) in [5.74, 6) is 8.27. The first-order valence-corrected chi connectivity index (χ1v) is 18.8. The summed E-state index contributed by atoms with van der Waals surface area (Å²) in [5.41, 5.74) is -0.181. The predicted molar refractivity (Wildman–Crippen MR) is 194 cm³/mol. The van der Waals surface area contributed by atoms with Crippen LogP contribution in [0.15, 0.2) is 0 Å². The summed E-state index contributed by atoms with van der Waals surface area (Å²) in [7, 11) is 0. The molecule has 8 heteroatoms. The highest BCUT2D eigenvalue weighted by molar-refractivity contribution is 4.91. The Labute approximate surface area is 286 Å². The van der Waals surface area contributed by atoms with Gasteiger partial charge in [-0.2, -0.15) is 0 Å². The molecule has 2 rings (SSSR count). The number of hydrogen-bond acceptors (Lipinski definition) is 8. The molecule has 10 atom stereocenters. The molecule has 2 aliphatic rings. The third kappa shape index (κ3) is 23.1. The molecule has 6 unspecified atom stereocenters. The van der Waals surface area contributed by atoms with Crippen molar-refractivity contribution in [3.63, 3.8) is 0 Å². The van der Waals surface area contributed by atoms with Crippen LogP contribution in [-0.4, -0.2) is 77.9 Å². The van der Waals surface area contributed by atoms with Crippen LogP contribution < -0.4 is 5.90 Å². The van der Waals surface area contributed by atoms with E-state index in [-0.39, 0.29) is 17.4 Å². The van der Waals surface area contributed by atoms with Crippen LogP contribution >= 0.6 is 0 Å². The molecular formula is C38H83NO7. The normalized spacial score (nSPS) is 27.0. The maximum absolute atomic E-state index is 11.2. The van der Waals surface area contributed by atoms with Gasteiger partial charge in [0.05, 0.1) is 17.8 Å². The minimum atomic E-state index is -0.672. The molecule has 6 N–H and O–H groups in total. The van der Waals surface area contributed by atoms with Crippen LogP contribution in [0.5, 0.6) is 0 Å². The lowest BCUT2D eigenvalue weighted by molar-refractivity contribution is -0.0952. The third-order valence-corrected chi connectivity index (χ3v) is 9.26. The van der Waals surface area contributed by atoms with E-state index in [0.717, 1.165) is 63.9 Å². The molecule has 0 aromatic carbocycles. The van der Waals surface area contributed by atoms with Gasteiger partial charge in [0.1, 0.15) is 0 Å². The summed E-state index contributed by atoms with van der Waals surface area (Å²) < 4.78 is 11.6. The van der Waals surface area contributed by atoms with Crippen molar-refractivity contribution in [2.45, 2.75) is 159 Å². The average Bonchev–Trinajstić information content (AvgIpc) is 3.06. The highest BCUT2D eigenvalue weighted by Gasteiger charge is 2.42. The second-order valence-corrected chi connectivity index (χ2v) is 14.4. The van der Waals surface area contributed by atoms with Gasteiger partial charge in [0.2, 0.25) is 0 Å². The van der Waals surface area contributed by atoms with Gasteiger partial charge < -0.3 is 29.9 Å². The zero-order valence-corrected chi connectivity index (χ0v) is 32.8. The van der Waals surface area contributed by atoms with E-state index in [1.807, 2.05) is 48.5 Å². The Morgan fingerprint density at radius 2 is 0.957 bits per heavy atom. The number of aliphatic hydroxyl groups excluding tert-OH is 4. The molecule has 282 valence electrons. The number of rotatable bonds is 13. The summed E-state index contributed by atoms with van der Waals surface area (Å²) in [6.07, 6.45) is 7.44. The van der Waals surface area contributed by atoms with Crippen LogP contribution in [0.1, 0.15) is 141 Å². The lowest BCUT2D eigenvalue weighted by Gasteiger charge is -2.44. The summed E-state index contributed by atoms with van der Waals surface area (Å²) in [6.45, 7) is 30.3. The molecule has 2 aliphatic carbocycles. The quantitative estimate of drug-likeness (QED) is 0.127. The topological polar surface area (TPSA) is 135 Å². The van der Waals surface area contributed by atoms with E-state index in [1.54, 1.807) is 0 Å². The van der Waals surface area contributed by atoms with Gasteiger partial charge in [-0.1, -0.05) is 68.2 Å². The fraction of sp³-hybridized carbons (Fsp3) is 1.00. The molecule has 8 nitrogen and oxygen atoms in total. The average molecular weight is 666 g/mol. The van der Waals surface area contributed by atoms with E-state index in [1.165, 1.54) is 25.7 Å². The molecule has 0 aromatic rings. The highest BCUT2D eigenvalue weighted by Crippen LogP contribution is 2.43. The summed E-state index contributed by atoms with van der Waals surface area (Å²) in [6, 6.07) is 0. The minimum absolute atomic E-state index is 0.0910. The molecular weight excluding hydrogens is 582 g/mol. The van der Waals surface area contributed by atoms with Crippen molar-refractivity contribution in [3.8, 4) is 0 Å². The van der Waals surface area contributed by atoms with Crippen molar-refractivity contribution < 1.29 is 34.7 Å². The molecule has 46 heavy (non-hydrogen) atoms. The Hall–Kier alpha value is -0.320. The Bertz CT molecular complexity index is 583. The molecule has 2 saturated carbocycles. The molecule has 0 aliphatic heterocycles. The van der Waals surface area contributed by atoms with Crippen molar-refractivity contribution in [1.29, 1.82) is 0 Å². The van der Waals surface area contributed by atoms with Crippen LogP contribution in [0.3, 0.4) is 0 Å². The van der Waals surface area contributed by atoms with Crippen LogP contribution in [0.2, 0.25) is 0 Å². The SMILES string of the molecule is CC.CC(C)(C)ON.CCCO.CCCO.CCOCC1C[C@H](C)CC[C@H]1C(C)C(O)C(O)C(C)[C@@H]1CC[C@@H](C)CC1COCC. The van der Waals surface area contributed by atoms with Gasteiger partial charge in [0.15, 0.2) is 0 Å². The van der Waals surface area contributed by atoms with E-state index < -0.39 is 12.2 Å². The largest absolute Gasteiger partial charge is 0.396 e. The maximum Gasteiger partial charge on any atom is 0.0830 e. The molecule has 0 aromatic heterocycles. The van der Waals surface area contributed by atoms with Crippen LogP contribution in [0.25, 0.3) is 0 Å².